The van der Waals surface area contributed by atoms with Crippen LogP contribution < -0.4 is 5.32 Å². The molecule has 2 heteroatoms. The van der Waals surface area contributed by atoms with E-state index in [0.29, 0.717) is 5.41 Å². The molecule has 0 saturated carbocycles. The highest BCUT2D eigenvalue weighted by atomic mass is 16.5. The normalized spacial score (nSPS) is 21.3. The molecular formula is C9H19NO. The van der Waals surface area contributed by atoms with Gasteiger partial charge in [-0.2, -0.15) is 0 Å². The SMILES string of the molecule is CNCCCCC1(C)COC1. The molecular weight excluding hydrogens is 138 g/mol. The summed E-state index contributed by atoms with van der Waals surface area (Å²) in [6.07, 6.45) is 3.96. The van der Waals surface area contributed by atoms with E-state index in [9.17, 15) is 0 Å². The zero-order chi connectivity index (χ0) is 8.16. The predicted molar refractivity (Wildman–Crippen MR) is 46.7 cm³/mol. The van der Waals surface area contributed by atoms with Gasteiger partial charge in [0.2, 0.25) is 0 Å². The number of nitrogens with one attached hydrogen (secondary N) is 1. The van der Waals surface area contributed by atoms with E-state index in [-0.39, 0.29) is 0 Å². The van der Waals surface area contributed by atoms with Crippen LogP contribution in [0, 0.1) is 5.41 Å². The van der Waals surface area contributed by atoms with E-state index < -0.39 is 0 Å². The molecule has 0 atom stereocenters. The van der Waals surface area contributed by atoms with E-state index >= 15 is 0 Å². The maximum absolute atomic E-state index is 5.18. The lowest BCUT2D eigenvalue weighted by atomic mass is 9.83. The maximum atomic E-state index is 5.18. The average molecular weight is 157 g/mol. The third-order valence-electron chi connectivity index (χ3n) is 2.36. The molecule has 2 nitrogen and oxygen atoms in total. The van der Waals surface area contributed by atoms with Gasteiger partial charge >= 0.3 is 0 Å². The summed E-state index contributed by atoms with van der Waals surface area (Å²) in [6, 6.07) is 0. The molecule has 66 valence electrons. The van der Waals surface area contributed by atoms with Crippen molar-refractivity contribution in [2.75, 3.05) is 26.8 Å². The molecule has 1 N–H and O–H groups in total. The van der Waals surface area contributed by atoms with Crippen LogP contribution >= 0.6 is 0 Å². The molecule has 0 unspecified atom stereocenters. The van der Waals surface area contributed by atoms with Gasteiger partial charge in [0.25, 0.3) is 0 Å². The van der Waals surface area contributed by atoms with E-state index in [1.807, 2.05) is 7.05 Å². The second-order valence-electron chi connectivity index (χ2n) is 3.86. The molecule has 0 spiro atoms. The fourth-order valence-electron chi connectivity index (χ4n) is 1.45. The number of rotatable bonds is 5. The van der Waals surface area contributed by atoms with Gasteiger partial charge in [0.15, 0.2) is 0 Å². The molecule has 1 heterocycles. The van der Waals surface area contributed by atoms with Crippen LogP contribution in [0.3, 0.4) is 0 Å². The van der Waals surface area contributed by atoms with E-state index in [1.165, 1.54) is 19.3 Å². The van der Waals surface area contributed by atoms with Crippen molar-refractivity contribution in [1.82, 2.24) is 5.32 Å². The molecule has 0 aromatic rings. The summed E-state index contributed by atoms with van der Waals surface area (Å²) in [6.45, 7) is 5.42. The Morgan fingerprint density at radius 3 is 2.55 bits per heavy atom. The second-order valence-corrected chi connectivity index (χ2v) is 3.86. The molecule has 1 saturated heterocycles. The standard InChI is InChI=1S/C9H19NO/c1-9(7-11-8-9)5-3-4-6-10-2/h10H,3-8H2,1-2H3. The first-order chi connectivity index (χ1) is 5.27. The Bertz CT molecular complexity index is 110. The van der Waals surface area contributed by atoms with Crippen molar-refractivity contribution >= 4 is 0 Å². The number of unbranched alkanes of at least 4 members (excludes halogenated alkanes) is 1. The van der Waals surface area contributed by atoms with Crippen LogP contribution in [0.4, 0.5) is 0 Å². The molecule has 0 aliphatic carbocycles. The molecule has 1 rings (SSSR count). The van der Waals surface area contributed by atoms with Gasteiger partial charge < -0.3 is 10.1 Å². The molecule has 11 heavy (non-hydrogen) atoms. The maximum Gasteiger partial charge on any atom is 0.0542 e. The van der Waals surface area contributed by atoms with E-state index in [0.717, 1.165) is 19.8 Å². The van der Waals surface area contributed by atoms with Crippen molar-refractivity contribution in [1.29, 1.82) is 0 Å². The topological polar surface area (TPSA) is 21.3 Å². The van der Waals surface area contributed by atoms with Crippen LogP contribution in [0.1, 0.15) is 26.2 Å². The smallest absolute Gasteiger partial charge is 0.0542 e. The van der Waals surface area contributed by atoms with Crippen molar-refractivity contribution in [3.63, 3.8) is 0 Å². The fourth-order valence-corrected chi connectivity index (χ4v) is 1.45. The van der Waals surface area contributed by atoms with Gasteiger partial charge in [-0.25, -0.2) is 0 Å². The van der Waals surface area contributed by atoms with Crippen molar-refractivity contribution in [2.24, 2.45) is 5.41 Å². The summed E-state index contributed by atoms with van der Waals surface area (Å²) in [7, 11) is 2.01. The fraction of sp³-hybridized carbons (Fsp3) is 1.00. The largest absolute Gasteiger partial charge is 0.380 e. The summed E-state index contributed by atoms with van der Waals surface area (Å²) >= 11 is 0. The number of hydrogen-bond acceptors (Lipinski definition) is 2. The first-order valence-electron chi connectivity index (χ1n) is 4.49. The van der Waals surface area contributed by atoms with E-state index in [1.54, 1.807) is 0 Å². The van der Waals surface area contributed by atoms with Gasteiger partial charge in [-0.3, -0.25) is 0 Å². The Morgan fingerprint density at radius 2 is 2.09 bits per heavy atom. The van der Waals surface area contributed by atoms with Crippen LogP contribution in [-0.4, -0.2) is 26.8 Å². The van der Waals surface area contributed by atoms with Crippen molar-refractivity contribution < 1.29 is 4.74 Å². The Hall–Kier alpha value is -0.0800. The van der Waals surface area contributed by atoms with E-state index in [4.69, 9.17) is 4.74 Å². The molecule has 0 bridgehead atoms. The molecule has 0 amide bonds. The van der Waals surface area contributed by atoms with Gasteiger partial charge in [-0.05, 0) is 26.4 Å². The Labute approximate surface area is 69.3 Å². The Kier molecular flexibility index (Phi) is 3.34. The summed E-state index contributed by atoms with van der Waals surface area (Å²) < 4.78 is 5.18. The third kappa shape index (κ3) is 2.80. The number of hydrogen-bond donors (Lipinski definition) is 1. The first kappa shape index (κ1) is 9.01. The minimum absolute atomic E-state index is 0.522. The lowest BCUT2D eigenvalue weighted by molar-refractivity contribution is -0.106. The van der Waals surface area contributed by atoms with Crippen LogP contribution in [0.5, 0.6) is 0 Å². The monoisotopic (exact) mass is 157 g/mol. The zero-order valence-electron chi connectivity index (χ0n) is 7.65. The second kappa shape index (κ2) is 4.07. The van der Waals surface area contributed by atoms with Crippen LogP contribution in [0.15, 0.2) is 0 Å². The minimum atomic E-state index is 0.522. The average Bonchev–Trinajstić information content (AvgIpc) is 1.95. The molecule has 1 aliphatic rings. The predicted octanol–water partition coefficient (Wildman–Crippen LogP) is 1.41. The van der Waals surface area contributed by atoms with Crippen LogP contribution in [0.25, 0.3) is 0 Å². The lowest BCUT2D eigenvalue weighted by Gasteiger charge is -2.38. The zero-order valence-corrected chi connectivity index (χ0v) is 7.65. The lowest BCUT2D eigenvalue weighted by Crippen LogP contribution is -2.39. The van der Waals surface area contributed by atoms with Gasteiger partial charge in [0, 0.05) is 5.41 Å². The minimum Gasteiger partial charge on any atom is -0.380 e. The summed E-state index contributed by atoms with van der Waals surface area (Å²) in [5.41, 5.74) is 0.522. The molecule has 1 fully saturated rings. The summed E-state index contributed by atoms with van der Waals surface area (Å²) in [5.74, 6) is 0. The van der Waals surface area contributed by atoms with Crippen LogP contribution in [0.2, 0.25) is 0 Å². The number of ether oxygens (including phenoxy) is 1. The molecule has 1 aliphatic heterocycles. The van der Waals surface area contributed by atoms with Gasteiger partial charge in [-0.15, -0.1) is 0 Å². The Morgan fingerprint density at radius 1 is 1.36 bits per heavy atom. The molecule has 0 radical (unpaired) electrons. The van der Waals surface area contributed by atoms with Crippen molar-refractivity contribution in [3.8, 4) is 0 Å². The third-order valence-corrected chi connectivity index (χ3v) is 2.36. The summed E-state index contributed by atoms with van der Waals surface area (Å²) in [4.78, 5) is 0. The highest BCUT2D eigenvalue weighted by Crippen LogP contribution is 2.31. The molecule has 0 aromatic heterocycles. The van der Waals surface area contributed by atoms with E-state index in [2.05, 4.69) is 12.2 Å². The highest BCUT2D eigenvalue weighted by molar-refractivity contribution is 4.80. The quantitative estimate of drug-likeness (QED) is 0.609. The highest BCUT2D eigenvalue weighted by Gasteiger charge is 2.32. The summed E-state index contributed by atoms with van der Waals surface area (Å²) in [5, 5.41) is 3.16. The van der Waals surface area contributed by atoms with Crippen molar-refractivity contribution in [3.05, 3.63) is 0 Å². The van der Waals surface area contributed by atoms with Gasteiger partial charge in [-0.1, -0.05) is 13.3 Å². The van der Waals surface area contributed by atoms with Gasteiger partial charge in [0.05, 0.1) is 13.2 Å². The van der Waals surface area contributed by atoms with Gasteiger partial charge in [0.1, 0.15) is 0 Å². The van der Waals surface area contributed by atoms with Crippen molar-refractivity contribution in [2.45, 2.75) is 26.2 Å². The first-order valence-corrected chi connectivity index (χ1v) is 4.49. The Balaban J connectivity index is 1.94. The molecule has 0 aromatic carbocycles. The van der Waals surface area contributed by atoms with Crippen LogP contribution in [-0.2, 0) is 4.74 Å².